The van der Waals surface area contributed by atoms with Gasteiger partial charge in [0.1, 0.15) is 5.75 Å². The van der Waals surface area contributed by atoms with Crippen LogP contribution in [0.25, 0.3) is 16.8 Å². The van der Waals surface area contributed by atoms with Gasteiger partial charge in [-0.05, 0) is 65.8 Å². The van der Waals surface area contributed by atoms with E-state index in [0.717, 1.165) is 16.3 Å². The SMILES string of the molecule is CCOc1ccc(NC(=O)CCC(=O)NNC(=S)NC(=O)C=Cc2cccc3ccccc23)cc1. The Balaban J connectivity index is 1.37. The van der Waals surface area contributed by atoms with Crippen LogP contribution in [0.15, 0.2) is 72.8 Å². The van der Waals surface area contributed by atoms with Gasteiger partial charge in [-0.25, -0.2) is 0 Å². The second-order valence-corrected chi connectivity index (χ2v) is 7.81. The molecule has 0 radical (unpaired) electrons. The number of ether oxygens (including phenoxy) is 1. The van der Waals surface area contributed by atoms with Crippen molar-refractivity contribution in [2.45, 2.75) is 19.8 Å². The van der Waals surface area contributed by atoms with Crippen LogP contribution in [0.2, 0.25) is 0 Å². The maximum atomic E-state index is 12.2. The molecule has 0 unspecified atom stereocenters. The van der Waals surface area contributed by atoms with E-state index in [0.29, 0.717) is 18.0 Å². The third-order valence-corrected chi connectivity index (χ3v) is 5.02. The summed E-state index contributed by atoms with van der Waals surface area (Å²) < 4.78 is 5.35. The van der Waals surface area contributed by atoms with Crippen LogP contribution in [0.4, 0.5) is 5.69 Å². The standard InChI is InChI=1S/C26H26N4O4S/c1-2-34-21-13-11-20(12-14-21)27-23(31)16-17-25(33)29-30-26(35)28-24(32)15-10-19-8-5-7-18-6-3-4-9-22(18)19/h3-15H,2,16-17H2,1H3,(H,27,31)(H,29,33)(H2,28,30,32,35). The van der Waals surface area contributed by atoms with E-state index in [1.165, 1.54) is 6.08 Å². The highest BCUT2D eigenvalue weighted by Gasteiger charge is 2.09. The fourth-order valence-corrected chi connectivity index (χ4v) is 3.34. The van der Waals surface area contributed by atoms with Gasteiger partial charge in [0, 0.05) is 24.6 Å². The monoisotopic (exact) mass is 490 g/mol. The van der Waals surface area contributed by atoms with Gasteiger partial charge in [-0.2, -0.15) is 0 Å². The van der Waals surface area contributed by atoms with Crippen molar-refractivity contribution in [3.05, 3.63) is 78.4 Å². The Hall–Kier alpha value is -4.24. The quantitative estimate of drug-likeness (QED) is 0.218. The molecule has 4 N–H and O–H groups in total. The summed E-state index contributed by atoms with van der Waals surface area (Å²) in [4.78, 5) is 36.2. The summed E-state index contributed by atoms with van der Waals surface area (Å²) in [7, 11) is 0. The van der Waals surface area contributed by atoms with E-state index in [-0.39, 0.29) is 23.9 Å². The molecular weight excluding hydrogens is 464 g/mol. The van der Waals surface area contributed by atoms with Crippen molar-refractivity contribution in [2.24, 2.45) is 0 Å². The minimum absolute atomic E-state index is 0.0202. The average Bonchev–Trinajstić information content (AvgIpc) is 2.86. The zero-order valence-electron chi connectivity index (χ0n) is 19.2. The Labute approximate surface area is 208 Å². The molecule has 9 heteroatoms. The van der Waals surface area contributed by atoms with Gasteiger partial charge in [-0.15, -0.1) is 0 Å². The van der Waals surface area contributed by atoms with Crippen LogP contribution in [-0.4, -0.2) is 29.4 Å². The van der Waals surface area contributed by atoms with E-state index in [1.54, 1.807) is 30.3 Å². The smallest absolute Gasteiger partial charge is 0.250 e. The van der Waals surface area contributed by atoms with Crippen LogP contribution in [0.1, 0.15) is 25.3 Å². The highest BCUT2D eigenvalue weighted by Crippen LogP contribution is 2.19. The minimum Gasteiger partial charge on any atom is -0.494 e. The lowest BCUT2D eigenvalue weighted by Crippen LogP contribution is -2.48. The van der Waals surface area contributed by atoms with Crippen molar-refractivity contribution in [1.82, 2.24) is 16.2 Å². The Morgan fingerprint density at radius 3 is 2.37 bits per heavy atom. The zero-order chi connectivity index (χ0) is 25.0. The molecule has 0 saturated carbocycles. The summed E-state index contributed by atoms with van der Waals surface area (Å²) in [6.45, 7) is 2.45. The number of anilines is 1. The van der Waals surface area contributed by atoms with Crippen LogP contribution in [0, 0.1) is 0 Å². The largest absolute Gasteiger partial charge is 0.494 e. The molecule has 8 nitrogen and oxygen atoms in total. The molecule has 3 aromatic rings. The first-order chi connectivity index (χ1) is 16.9. The van der Waals surface area contributed by atoms with E-state index in [9.17, 15) is 14.4 Å². The zero-order valence-corrected chi connectivity index (χ0v) is 20.0. The van der Waals surface area contributed by atoms with Crippen LogP contribution >= 0.6 is 12.2 Å². The number of hydrogen-bond acceptors (Lipinski definition) is 5. The first kappa shape index (κ1) is 25.4. The molecule has 0 bridgehead atoms. The number of fused-ring (bicyclic) bond motifs is 1. The Bertz CT molecular complexity index is 1240. The topological polar surface area (TPSA) is 109 Å². The van der Waals surface area contributed by atoms with Gasteiger partial charge < -0.3 is 10.1 Å². The normalized spacial score (nSPS) is 10.5. The molecule has 0 saturated heterocycles. The maximum Gasteiger partial charge on any atom is 0.250 e. The highest BCUT2D eigenvalue weighted by molar-refractivity contribution is 7.80. The number of hydrogen-bond donors (Lipinski definition) is 4. The van der Waals surface area contributed by atoms with Gasteiger partial charge in [-0.3, -0.25) is 30.6 Å². The van der Waals surface area contributed by atoms with Gasteiger partial charge in [0.2, 0.25) is 17.7 Å². The molecule has 3 aromatic carbocycles. The number of rotatable bonds is 8. The van der Waals surface area contributed by atoms with Gasteiger partial charge in [0.15, 0.2) is 5.11 Å². The first-order valence-electron chi connectivity index (χ1n) is 11.0. The first-order valence-corrected chi connectivity index (χ1v) is 11.4. The maximum absolute atomic E-state index is 12.2. The number of thiocarbonyl (C=S) groups is 1. The molecule has 3 amide bonds. The van der Waals surface area contributed by atoms with E-state index in [4.69, 9.17) is 17.0 Å². The molecule has 35 heavy (non-hydrogen) atoms. The molecule has 180 valence electrons. The average molecular weight is 491 g/mol. The molecule has 0 aliphatic heterocycles. The van der Waals surface area contributed by atoms with E-state index >= 15 is 0 Å². The summed E-state index contributed by atoms with van der Waals surface area (Å²) in [5, 5.41) is 7.20. The number of carbonyl (C=O) groups excluding carboxylic acids is 3. The molecule has 0 atom stereocenters. The van der Waals surface area contributed by atoms with Gasteiger partial charge in [-0.1, -0.05) is 42.5 Å². The molecule has 0 heterocycles. The van der Waals surface area contributed by atoms with Crippen LogP contribution in [-0.2, 0) is 14.4 Å². The number of carbonyl (C=O) groups is 3. The summed E-state index contributed by atoms with van der Waals surface area (Å²) in [5.74, 6) is -0.490. The Morgan fingerprint density at radius 2 is 1.60 bits per heavy atom. The van der Waals surface area contributed by atoms with Crippen molar-refractivity contribution < 1.29 is 19.1 Å². The Morgan fingerprint density at radius 1 is 0.886 bits per heavy atom. The molecular formula is C26H26N4O4S. The number of amides is 3. The van der Waals surface area contributed by atoms with Crippen molar-refractivity contribution >= 4 is 57.6 Å². The molecule has 0 aromatic heterocycles. The Kier molecular flexibility index (Phi) is 9.32. The van der Waals surface area contributed by atoms with Crippen LogP contribution in [0.5, 0.6) is 5.75 Å². The molecule has 0 aliphatic rings. The van der Waals surface area contributed by atoms with Crippen LogP contribution < -0.4 is 26.2 Å². The summed E-state index contributed by atoms with van der Waals surface area (Å²) in [6, 6.07) is 20.6. The van der Waals surface area contributed by atoms with E-state index < -0.39 is 11.8 Å². The van der Waals surface area contributed by atoms with E-state index in [1.807, 2.05) is 49.4 Å². The van der Waals surface area contributed by atoms with Gasteiger partial charge >= 0.3 is 0 Å². The third kappa shape index (κ3) is 8.24. The fourth-order valence-electron chi connectivity index (χ4n) is 3.19. The summed E-state index contributed by atoms with van der Waals surface area (Å²) in [5.41, 5.74) is 6.32. The number of benzene rings is 3. The lowest BCUT2D eigenvalue weighted by molar-refractivity contribution is -0.124. The number of nitrogens with one attached hydrogen (secondary N) is 4. The lowest BCUT2D eigenvalue weighted by atomic mass is 10.0. The highest BCUT2D eigenvalue weighted by atomic mass is 32.1. The second-order valence-electron chi connectivity index (χ2n) is 7.40. The third-order valence-electron chi connectivity index (χ3n) is 4.82. The summed E-state index contributed by atoms with van der Waals surface area (Å²) in [6.07, 6.45) is 2.98. The molecule has 0 fully saturated rings. The molecule has 0 spiro atoms. The van der Waals surface area contributed by atoms with Crippen LogP contribution in [0.3, 0.4) is 0 Å². The van der Waals surface area contributed by atoms with Gasteiger partial charge in [0.05, 0.1) is 6.61 Å². The fraction of sp³-hybridized carbons (Fsp3) is 0.154. The summed E-state index contributed by atoms with van der Waals surface area (Å²) >= 11 is 5.03. The van der Waals surface area contributed by atoms with Gasteiger partial charge in [0.25, 0.3) is 0 Å². The van der Waals surface area contributed by atoms with Crippen molar-refractivity contribution in [1.29, 1.82) is 0 Å². The van der Waals surface area contributed by atoms with Crippen molar-refractivity contribution in [3.8, 4) is 5.75 Å². The van der Waals surface area contributed by atoms with Crippen molar-refractivity contribution in [2.75, 3.05) is 11.9 Å². The second kappa shape index (κ2) is 12.9. The predicted molar refractivity (Wildman–Crippen MR) is 140 cm³/mol. The van der Waals surface area contributed by atoms with E-state index in [2.05, 4.69) is 21.5 Å². The lowest BCUT2D eigenvalue weighted by Gasteiger charge is -2.10. The van der Waals surface area contributed by atoms with Crippen molar-refractivity contribution in [3.63, 3.8) is 0 Å². The number of hydrazine groups is 1. The molecule has 0 aliphatic carbocycles. The predicted octanol–water partition coefficient (Wildman–Crippen LogP) is 3.69. The molecule has 3 rings (SSSR count). The minimum atomic E-state index is -0.449.